The molecule has 0 radical (unpaired) electrons. The third kappa shape index (κ3) is 4.03. The third-order valence-electron chi connectivity index (χ3n) is 5.79. The highest BCUT2D eigenvalue weighted by Gasteiger charge is 2.44. The van der Waals surface area contributed by atoms with E-state index in [0.29, 0.717) is 11.3 Å². The molecule has 2 aromatic carbocycles. The average Bonchev–Trinajstić information content (AvgIpc) is 3.38. The molecule has 142 valence electrons. The van der Waals surface area contributed by atoms with Crippen LogP contribution in [-0.4, -0.2) is 0 Å². The Morgan fingerprint density at radius 2 is 1.41 bits per heavy atom. The third-order valence-corrected chi connectivity index (χ3v) is 5.79. The standard InChI is InChI=1S/C22H18F4.CH4/c23-18-13-17(15-5-7-22(8-6-15)9-10-22)4-3-16(18)2-1-14-11-19(24)21(26)20(25)12-14;/h3-4,11-13,15H,5-10H2;1H4. The maximum atomic E-state index is 14.4. The Morgan fingerprint density at radius 3 is 1.96 bits per heavy atom. The quantitative estimate of drug-likeness (QED) is 0.295. The molecule has 0 aromatic heterocycles. The summed E-state index contributed by atoms with van der Waals surface area (Å²) in [5.41, 5.74) is 1.71. The predicted octanol–water partition coefficient (Wildman–Crippen LogP) is 6.72. The molecule has 27 heavy (non-hydrogen) atoms. The summed E-state index contributed by atoms with van der Waals surface area (Å²) in [6, 6.07) is 6.61. The van der Waals surface area contributed by atoms with E-state index in [1.807, 2.05) is 6.07 Å². The molecule has 1 spiro atoms. The van der Waals surface area contributed by atoms with Crippen LogP contribution in [0.15, 0.2) is 30.3 Å². The van der Waals surface area contributed by atoms with Gasteiger partial charge in [0.2, 0.25) is 0 Å². The molecule has 0 saturated heterocycles. The van der Waals surface area contributed by atoms with Gasteiger partial charge in [0.1, 0.15) is 5.82 Å². The maximum Gasteiger partial charge on any atom is 0.194 e. The summed E-state index contributed by atoms with van der Waals surface area (Å²) >= 11 is 0. The molecule has 2 aromatic rings. The van der Waals surface area contributed by atoms with Gasteiger partial charge < -0.3 is 0 Å². The molecule has 2 saturated carbocycles. The van der Waals surface area contributed by atoms with Gasteiger partial charge in [0.25, 0.3) is 0 Å². The predicted molar refractivity (Wildman–Crippen MR) is 98.3 cm³/mol. The van der Waals surface area contributed by atoms with Crippen molar-refractivity contribution in [2.24, 2.45) is 5.41 Å². The van der Waals surface area contributed by atoms with E-state index in [4.69, 9.17) is 0 Å². The Bertz CT molecular complexity index is 883. The van der Waals surface area contributed by atoms with Crippen molar-refractivity contribution < 1.29 is 17.6 Å². The minimum Gasteiger partial charge on any atom is -0.206 e. The maximum absolute atomic E-state index is 14.4. The Hall–Kier alpha value is -2.28. The molecular formula is C23H22F4. The largest absolute Gasteiger partial charge is 0.206 e. The van der Waals surface area contributed by atoms with E-state index >= 15 is 0 Å². The number of rotatable bonds is 1. The van der Waals surface area contributed by atoms with Gasteiger partial charge in [-0.3, -0.25) is 0 Å². The van der Waals surface area contributed by atoms with Crippen molar-refractivity contribution in [2.75, 3.05) is 0 Å². The zero-order chi connectivity index (χ0) is 18.3. The molecule has 0 N–H and O–H groups in total. The Morgan fingerprint density at radius 1 is 0.778 bits per heavy atom. The summed E-state index contributed by atoms with van der Waals surface area (Å²) < 4.78 is 53.7. The van der Waals surface area contributed by atoms with Crippen molar-refractivity contribution in [1.29, 1.82) is 0 Å². The molecule has 4 heteroatoms. The van der Waals surface area contributed by atoms with E-state index in [-0.39, 0.29) is 18.6 Å². The molecule has 0 bridgehead atoms. The van der Waals surface area contributed by atoms with Gasteiger partial charge in [-0.25, -0.2) is 17.6 Å². The van der Waals surface area contributed by atoms with E-state index in [2.05, 4.69) is 11.8 Å². The molecule has 0 amide bonds. The molecule has 0 aliphatic heterocycles. The molecular weight excluding hydrogens is 352 g/mol. The summed E-state index contributed by atoms with van der Waals surface area (Å²) in [6.07, 6.45) is 7.32. The van der Waals surface area contributed by atoms with Crippen molar-refractivity contribution in [3.8, 4) is 11.8 Å². The first-order chi connectivity index (χ1) is 12.5. The van der Waals surface area contributed by atoms with Crippen molar-refractivity contribution in [3.05, 3.63) is 70.3 Å². The van der Waals surface area contributed by atoms with Crippen molar-refractivity contribution in [3.63, 3.8) is 0 Å². The summed E-state index contributed by atoms with van der Waals surface area (Å²) in [4.78, 5) is 0. The van der Waals surface area contributed by atoms with Crippen LogP contribution in [0.2, 0.25) is 0 Å². The molecule has 4 rings (SSSR count). The highest BCUT2D eigenvalue weighted by Crippen LogP contribution is 2.58. The van der Waals surface area contributed by atoms with Gasteiger partial charge in [-0.1, -0.05) is 25.3 Å². The van der Waals surface area contributed by atoms with E-state index in [0.717, 1.165) is 30.5 Å². The van der Waals surface area contributed by atoms with Crippen LogP contribution in [0.5, 0.6) is 0 Å². The van der Waals surface area contributed by atoms with Crippen LogP contribution in [0.3, 0.4) is 0 Å². The second-order valence-corrected chi connectivity index (χ2v) is 7.52. The summed E-state index contributed by atoms with van der Waals surface area (Å²) in [7, 11) is 0. The first-order valence-electron chi connectivity index (χ1n) is 8.92. The highest BCUT2D eigenvalue weighted by atomic mass is 19.2. The van der Waals surface area contributed by atoms with Gasteiger partial charge in [-0.2, -0.15) is 0 Å². The van der Waals surface area contributed by atoms with Crippen LogP contribution in [0.1, 0.15) is 68.6 Å². The van der Waals surface area contributed by atoms with Gasteiger partial charge >= 0.3 is 0 Å². The smallest absolute Gasteiger partial charge is 0.194 e. The number of hydrogen-bond donors (Lipinski definition) is 0. The lowest BCUT2D eigenvalue weighted by Gasteiger charge is -2.28. The molecule has 2 aliphatic rings. The first-order valence-corrected chi connectivity index (χ1v) is 8.92. The van der Waals surface area contributed by atoms with Crippen molar-refractivity contribution >= 4 is 0 Å². The monoisotopic (exact) mass is 374 g/mol. The number of halogens is 4. The van der Waals surface area contributed by atoms with Crippen molar-refractivity contribution in [1.82, 2.24) is 0 Å². The van der Waals surface area contributed by atoms with E-state index in [9.17, 15) is 17.6 Å². The second kappa shape index (κ2) is 7.38. The zero-order valence-corrected chi connectivity index (χ0v) is 14.2. The second-order valence-electron chi connectivity index (χ2n) is 7.52. The van der Waals surface area contributed by atoms with Gasteiger partial charge in [-0.05, 0) is 79.7 Å². The fourth-order valence-corrected chi connectivity index (χ4v) is 3.89. The minimum absolute atomic E-state index is 0. The normalized spacial score (nSPS) is 17.8. The summed E-state index contributed by atoms with van der Waals surface area (Å²) in [5.74, 6) is 0.860. The molecule has 0 atom stereocenters. The SMILES string of the molecule is C.Fc1cc(C2CCC3(CC2)CC3)ccc1C#Cc1cc(F)c(F)c(F)c1. The molecule has 0 unspecified atom stereocenters. The summed E-state index contributed by atoms with van der Waals surface area (Å²) in [6.45, 7) is 0. The Kier molecular flexibility index (Phi) is 5.33. The lowest BCUT2D eigenvalue weighted by atomic mass is 9.77. The van der Waals surface area contributed by atoms with Crippen LogP contribution in [0.25, 0.3) is 0 Å². The molecule has 2 aliphatic carbocycles. The van der Waals surface area contributed by atoms with Crippen LogP contribution in [0, 0.1) is 40.5 Å². The van der Waals surface area contributed by atoms with Crippen LogP contribution < -0.4 is 0 Å². The van der Waals surface area contributed by atoms with E-state index in [1.165, 1.54) is 31.7 Å². The van der Waals surface area contributed by atoms with Gasteiger partial charge in [0.15, 0.2) is 17.5 Å². The van der Waals surface area contributed by atoms with Gasteiger partial charge in [-0.15, -0.1) is 0 Å². The topological polar surface area (TPSA) is 0 Å². The van der Waals surface area contributed by atoms with E-state index < -0.39 is 23.3 Å². The molecule has 0 heterocycles. The lowest BCUT2D eigenvalue weighted by Crippen LogP contribution is -2.14. The van der Waals surface area contributed by atoms with Gasteiger partial charge in [0, 0.05) is 5.56 Å². The fraction of sp³-hybridized carbons (Fsp3) is 0.391. The number of hydrogen-bond acceptors (Lipinski definition) is 0. The fourth-order valence-electron chi connectivity index (χ4n) is 3.89. The lowest BCUT2D eigenvalue weighted by molar-refractivity contribution is 0.305. The Balaban J connectivity index is 0.00000210. The van der Waals surface area contributed by atoms with Crippen LogP contribution in [0.4, 0.5) is 17.6 Å². The molecule has 0 nitrogen and oxygen atoms in total. The van der Waals surface area contributed by atoms with Crippen LogP contribution >= 0.6 is 0 Å². The van der Waals surface area contributed by atoms with E-state index in [1.54, 1.807) is 6.07 Å². The average molecular weight is 374 g/mol. The summed E-state index contributed by atoms with van der Waals surface area (Å²) in [5, 5.41) is 0. The van der Waals surface area contributed by atoms with Gasteiger partial charge in [0.05, 0.1) is 5.56 Å². The zero-order valence-electron chi connectivity index (χ0n) is 14.2. The molecule has 2 fully saturated rings. The first kappa shape index (κ1) is 19.5. The van der Waals surface area contributed by atoms with Crippen molar-refractivity contribution in [2.45, 2.75) is 51.9 Å². The minimum atomic E-state index is -1.54. The Labute approximate surface area is 157 Å². The number of benzene rings is 2. The van der Waals surface area contributed by atoms with Crippen LogP contribution in [-0.2, 0) is 0 Å². The highest BCUT2D eigenvalue weighted by molar-refractivity contribution is 5.45.